The number of hydrogen-bond acceptors (Lipinski definition) is 2. The fourth-order valence-electron chi connectivity index (χ4n) is 2.81. The zero-order valence-electron chi connectivity index (χ0n) is 12.5. The summed E-state index contributed by atoms with van der Waals surface area (Å²) < 4.78 is 28.4. The molecule has 0 bridgehead atoms. The van der Waals surface area contributed by atoms with Crippen LogP contribution in [-0.4, -0.2) is 20.5 Å². The van der Waals surface area contributed by atoms with Gasteiger partial charge in [-0.1, -0.05) is 25.4 Å². The van der Waals surface area contributed by atoms with Crippen LogP contribution in [0.3, 0.4) is 0 Å². The summed E-state index contributed by atoms with van der Waals surface area (Å²) in [6.45, 7) is 5.94. The molecule has 1 saturated carbocycles. The number of rotatable bonds is 1. The first kappa shape index (κ1) is 16.1. The second kappa shape index (κ2) is 6.26. The SMILES string of the molecule is CC.Cc1cn(C2CCC(F)(F)CC2)c2ncnc(Cl)c12. The maximum Gasteiger partial charge on any atom is 0.248 e. The molecular weight excluding hydrogens is 296 g/mol. The van der Waals surface area contributed by atoms with Gasteiger partial charge < -0.3 is 4.57 Å². The summed E-state index contributed by atoms with van der Waals surface area (Å²) >= 11 is 6.08. The monoisotopic (exact) mass is 315 g/mol. The Morgan fingerprint density at radius 3 is 2.48 bits per heavy atom. The highest BCUT2D eigenvalue weighted by Crippen LogP contribution is 2.40. The molecule has 1 aliphatic rings. The first-order valence-corrected chi connectivity index (χ1v) is 7.71. The van der Waals surface area contributed by atoms with Crippen molar-refractivity contribution in [2.24, 2.45) is 0 Å². The Labute approximate surface area is 128 Å². The van der Waals surface area contributed by atoms with Crippen LogP contribution in [0.1, 0.15) is 51.1 Å². The van der Waals surface area contributed by atoms with Gasteiger partial charge in [0.1, 0.15) is 17.1 Å². The van der Waals surface area contributed by atoms with E-state index in [9.17, 15) is 8.78 Å². The van der Waals surface area contributed by atoms with Crippen LogP contribution >= 0.6 is 11.6 Å². The van der Waals surface area contributed by atoms with E-state index in [0.29, 0.717) is 18.0 Å². The Morgan fingerprint density at radius 2 is 1.86 bits per heavy atom. The molecule has 2 aromatic heterocycles. The average molecular weight is 316 g/mol. The predicted octanol–water partition coefficient (Wildman–Crippen LogP) is 5.17. The molecule has 0 amide bonds. The van der Waals surface area contributed by atoms with Crippen LogP contribution < -0.4 is 0 Å². The molecule has 0 aliphatic heterocycles. The molecule has 0 saturated heterocycles. The Morgan fingerprint density at radius 1 is 1.24 bits per heavy atom. The fraction of sp³-hybridized carbons (Fsp3) is 0.600. The summed E-state index contributed by atoms with van der Waals surface area (Å²) in [7, 11) is 0. The lowest BCUT2D eigenvalue weighted by Gasteiger charge is -2.29. The molecule has 1 fully saturated rings. The van der Waals surface area contributed by atoms with Crippen LogP contribution in [0.25, 0.3) is 11.0 Å². The summed E-state index contributed by atoms with van der Waals surface area (Å²) in [5.74, 6) is -2.51. The van der Waals surface area contributed by atoms with Gasteiger partial charge in [-0.3, -0.25) is 0 Å². The first-order chi connectivity index (χ1) is 9.98. The minimum atomic E-state index is -2.51. The number of fused-ring (bicyclic) bond motifs is 1. The van der Waals surface area contributed by atoms with Crippen LogP contribution in [0.4, 0.5) is 8.78 Å². The van der Waals surface area contributed by atoms with E-state index in [0.717, 1.165) is 16.6 Å². The molecule has 0 aromatic carbocycles. The zero-order chi connectivity index (χ0) is 15.6. The van der Waals surface area contributed by atoms with Crippen LogP contribution in [0.15, 0.2) is 12.5 Å². The van der Waals surface area contributed by atoms with Crippen molar-refractivity contribution >= 4 is 22.6 Å². The van der Waals surface area contributed by atoms with Crippen molar-refractivity contribution in [2.45, 2.75) is 58.4 Å². The standard InChI is InChI=1S/C13H14ClF2N3.C2H6/c1-8-6-19(9-2-4-13(15,16)5-3-9)12-10(8)11(14)17-7-18-12;1-2/h6-7,9H,2-5H2,1H3;1-2H3. The van der Waals surface area contributed by atoms with E-state index in [4.69, 9.17) is 11.6 Å². The molecule has 0 radical (unpaired) electrons. The van der Waals surface area contributed by atoms with E-state index in [2.05, 4.69) is 9.97 Å². The molecule has 1 aliphatic carbocycles. The van der Waals surface area contributed by atoms with E-state index in [-0.39, 0.29) is 18.9 Å². The topological polar surface area (TPSA) is 30.7 Å². The largest absolute Gasteiger partial charge is 0.329 e. The summed E-state index contributed by atoms with van der Waals surface area (Å²) in [6, 6.07) is 0.0711. The van der Waals surface area contributed by atoms with E-state index in [1.165, 1.54) is 6.33 Å². The predicted molar refractivity (Wildman–Crippen MR) is 81.1 cm³/mol. The Hall–Kier alpha value is -1.23. The molecular formula is C15H20ClF2N3. The maximum atomic E-state index is 13.2. The highest BCUT2D eigenvalue weighted by atomic mass is 35.5. The Balaban J connectivity index is 0.000000774. The number of halogens is 3. The number of alkyl halides is 2. The van der Waals surface area contributed by atoms with Crippen molar-refractivity contribution in [2.75, 3.05) is 0 Å². The third kappa shape index (κ3) is 3.18. The molecule has 6 heteroatoms. The van der Waals surface area contributed by atoms with Gasteiger partial charge in [-0.25, -0.2) is 18.7 Å². The minimum Gasteiger partial charge on any atom is -0.329 e. The van der Waals surface area contributed by atoms with Crippen molar-refractivity contribution in [3.8, 4) is 0 Å². The zero-order valence-corrected chi connectivity index (χ0v) is 13.3. The quantitative estimate of drug-likeness (QED) is 0.680. The van der Waals surface area contributed by atoms with Gasteiger partial charge in [0.05, 0.1) is 5.39 Å². The summed E-state index contributed by atoms with van der Waals surface area (Å²) in [6.07, 6.45) is 4.18. The normalized spacial score (nSPS) is 18.4. The second-order valence-electron chi connectivity index (χ2n) is 5.17. The summed E-state index contributed by atoms with van der Waals surface area (Å²) in [5.41, 5.74) is 1.73. The number of aryl methyl sites for hydroxylation is 1. The number of aromatic nitrogens is 3. The number of nitrogens with zero attached hydrogens (tertiary/aromatic N) is 3. The maximum absolute atomic E-state index is 13.2. The summed E-state index contributed by atoms with van der Waals surface area (Å²) in [5, 5.41) is 1.24. The van der Waals surface area contributed by atoms with Crippen molar-refractivity contribution < 1.29 is 8.78 Å². The van der Waals surface area contributed by atoms with Crippen molar-refractivity contribution in [1.82, 2.24) is 14.5 Å². The molecule has 3 nitrogen and oxygen atoms in total. The van der Waals surface area contributed by atoms with E-state index in [1.54, 1.807) is 0 Å². The van der Waals surface area contributed by atoms with Gasteiger partial charge in [0.2, 0.25) is 5.92 Å². The van der Waals surface area contributed by atoms with Crippen LogP contribution in [-0.2, 0) is 0 Å². The van der Waals surface area contributed by atoms with Gasteiger partial charge in [0.15, 0.2) is 0 Å². The van der Waals surface area contributed by atoms with Crippen LogP contribution in [0.2, 0.25) is 5.15 Å². The van der Waals surface area contributed by atoms with E-state index in [1.807, 2.05) is 31.5 Å². The van der Waals surface area contributed by atoms with E-state index >= 15 is 0 Å². The summed E-state index contributed by atoms with van der Waals surface area (Å²) in [4.78, 5) is 8.22. The third-order valence-electron chi connectivity index (χ3n) is 3.83. The molecule has 2 aromatic rings. The van der Waals surface area contributed by atoms with Gasteiger partial charge in [0, 0.05) is 25.1 Å². The van der Waals surface area contributed by atoms with Crippen molar-refractivity contribution in [1.29, 1.82) is 0 Å². The van der Waals surface area contributed by atoms with Crippen LogP contribution in [0, 0.1) is 6.92 Å². The van der Waals surface area contributed by atoms with E-state index < -0.39 is 5.92 Å². The van der Waals surface area contributed by atoms with Crippen LogP contribution in [0.5, 0.6) is 0 Å². The van der Waals surface area contributed by atoms with Gasteiger partial charge in [-0.05, 0) is 25.3 Å². The minimum absolute atomic E-state index is 0.0603. The van der Waals surface area contributed by atoms with Gasteiger partial charge >= 0.3 is 0 Å². The molecule has 3 rings (SSSR count). The first-order valence-electron chi connectivity index (χ1n) is 7.33. The third-order valence-corrected chi connectivity index (χ3v) is 4.12. The van der Waals surface area contributed by atoms with Gasteiger partial charge in [-0.15, -0.1) is 0 Å². The molecule has 21 heavy (non-hydrogen) atoms. The highest BCUT2D eigenvalue weighted by molar-refractivity contribution is 6.34. The van der Waals surface area contributed by atoms with Crippen molar-refractivity contribution in [3.05, 3.63) is 23.2 Å². The second-order valence-corrected chi connectivity index (χ2v) is 5.53. The average Bonchev–Trinajstić information content (AvgIpc) is 2.80. The van der Waals surface area contributed by atoms with Crippen molar-refractivity contribution in [3.63, 3.8) is 0 Å². The Bertz CT molecular complexity index is 615. The molecule has 116 valence electrons. The molecule has 0 unspecified atom stereocenters. The lowest BCUT2D eigenvalue weighted by Crippen LogP contribution is -2.26. The molecule has 0 atom stereocenters. The van der Waals surface area contributed by atoms with Gasteiger partial charge in [0.25, 0.3) is 0 Å². The fourth-order valence-corrected chi connectivity index (χ4v) is 3.08. The lowest BCUT2D eigenvalue weighted by atomic mass is 9.92. The smallest absolute Gasteiger partial charge is 0.248 e. The Kier molecular flexibility index (Phi) is 4.81. The molecule has 0 N–H and O–H groups in total. The molecule has 0 spiro atoms. The molecule has 2 heterocycles. The van der Waals surface area contributed by atoms with Gasteiger partial charge in [-0.2, -0.15) is 0 Å². The lowest BCUT2D eigenvalue weighted by molar-refractivity contribution is -0.0436. The highest BCUT2D eigenvalue weighted by Gasteiger charge is 2.36. The number of hydrogen-bond donors (Lipinski definition) is 0.